The van der Waals surface area contributed by atoms with Gasteiger partial charge < -0.3 is 15.4 Å². The number of morpholine rings is 1. The molecule has 0 aliphatic carbocycles. The van der Waals surface area contributed by atoms with Crippen LogP contribution in [0, 0.1) is 0 Å². The van der Waals surface area contributed by atoms with Gasteiger partial charge in [0, 0.05) is 13.1 Å². The number of hydrogen-bond acceptors (Lipinski definition) is 4. The smallest absolute Gasteiger partial charge is 0.264 e. The molecule has 0 saturated carbocycles. The Kier molecular flexibility index (Phi) is 3.96. The Labute approximate surface area is 106 Å². The second-order valence-electron chi connectivity index (χ2n) is 3.57. The number of nitrogens with zero attached hydrogens (tertiary/aromatic N) is 1. The highest BCUT2D eigenvalue weighted by Gasteiger charge is 2.27. The van der Waals surface area contributed by atoms with Crippen molar-refractivity contribution in [3.05, 3.63) is 20.8 Å². The Morgan fingerprint density at radius 3 is 3.12 bits per heavy atom. The number of carbonyl (C=O) groups is 1. The molecule has 2 N–H and O–H groups in total. The molecule has 1 aromatic rings. The monoisotopic (exact) mass is 304 g/mol. The van der Waals surface area contributed by atoms with Crippen LogP contribution in [0.3, 0.4) is 0 Å². The topological polar surface area (TPSA) is 55.6 Å². The van der Waals surface area contributed by atoms with Gasteiger partial charge in [-0.2, -0.15) is 0 Å². The molecule has 1 aliphatic heterocycles. The normalized spacial score (nSPS) is 21.1. The highest BCUT2D eigenvalue weighted by Crippen LogP contribution is 2.24. The first-order valence-corrected chi connectivity index (χ1v) is 6.67. The van der Waals surface area contributed by atoms with Gasteiger partial charge in [-0.15, -0.1) is 11.3 Å². The van der Waals surface area contributed by atoms with Gasteiger partial charge in [-0.3, -0.25) is 4.79 Å². The minimum absolute atomic E-state index is 0.00197. The first kappa shape index (κ1) is 12.0. The van der Waals surface area contributed by atoms with Crippen LogP contribution < -0.4 is 5.73 Å². The average Bonchev–Trinajstić information content (AvgIpc) is 2.75. The molecule has 1 aliphatic rings. The fraction of sp³-hybridized carbons (Fsp3) is 0.500. The van der Waals surface area contributed by atoms with Gasteiger partial charge in [-0.25, -0.2) is 0 Å². The lowest BCUT2D eigenvalue weighted by molar-refractivity contribution is 0.00111. The predicted octanol–water partition coefficient (Wildman–Crippen LogP) is 1.31. The van der Waals surface area contributed by atoms with Crippen LogP contribution in [-0.4, -0.2) is 43.2 Å². The highest BCUT2D eigenvalue weighted by molar-refractivity contribution is 9.11. The zero-order chi connectivity index (χ0) is 11.5. The second-order valence-corrected chi connectivity index (χ2v) is 6.03. The van der Waals surface area contributed by atoms with E-state index in [1.54, 1.807) is 0 Å². The molecule has 0 radical (unpaired) electrons. The molecule has 1 fully saturated rings. The van der Waals surface area contributed by atoms with Crippen molar-refractivity contribution in [2.75, 3.05) is 26.3 Å². The van der Waals surface area contributed by atoms with Crippen LogP contribution in [0.1, 0.15) is 9.67 Å². The summed E-state index contributed by atoms with van der Waals surface area (Å²) in [6.45, 7) is 2.19. The van der Waals surface area contributed by atoms with E-state index in [9.17, 15) is 4.79 Å². The van der Waals surface area contributed by atoms with Gasteiger partial charge in [0.15, 0.2) is 0 Å². The first-order valence-electron chi connectivity index (χ1n) is 5.06. The molecule has 88 valence electrons. The predicted molar refractivity (Wildman–Crippen MR) is 66.7 cm³/mol. The molecule has 1 amide bonds. The van der Waals surface area contributed by atoms with E-state index in [0.717, 1.165) is 8.66 Å². The lowest BCUT2D eigenvalue weighted by Crippen LogP contribution is -2.51. The van der Waals surface area contributed by atoms with Crippen LogP contribution in [0.25, 0.3) is 0 Å². The zero-order valence-corrected chi connectivity index (χ0v) is 11.1. The van der Waals surface area contributed by atoms with E-state index in [0.29, 0.717) is 26.3 Å². The highest BCUT2D eigenvalue weighted by atomic mass is 79.9. The Morgan fingerprint density at radius 1 is 1.69 bits per heavy atom. The molecule has 2 rings (SSSR count). The number of nitrogens with two attached hydrogens (primary N) is 1. The Morgan fingerprint density at radius 2 is 2.50 bits per heavy atom. The summed E-state index contributed by atoms with van der Waals surface area (Å²) >= 11 is 4.80. The van der Waals surface area contributed by atoms with Gasteiger partial charge >= 0.3 is 0 Å². The van der Waals surface area contributed by atoms with Crippen molar-refractivity contribution in [2.24, 2.45) is 5.73 Å². The van der Waals surface area contributed by atoms with Crippen LogP contribution in [0.15, 0.2) is 15.9 Å². The molecule has 0 bridgehead atoms. The molecule has 6 heteroatoms. The third-order valence-corrected chi connectivity index (χ3v) is 4.16. The van der Waals surface area contributed by atoms with Crippen molar-refractivity contribution < 1.29 is 9.53 Å². The molecule has 1 atom stereocenters. The summed E-state index contributed by atoms with van der Waals surface area (Å²) in [5.41, 5.74) is 5.63. The maximum absolute atomic E-state index is 12.2. The van der Waals surface area contributed by atoms with E-state index in [4.69, 9.17) is 10.5 Å². The fourth-order valence-corrected chi connectivity index (χ4v) is 3.03. The molecule has 1 unspecified atom stereocenters. The van der Waals surface area contributed by atoms with Gasteiger partial charge in [-0.05, 0) is 28.1 Å². The van der Waals surface area contributed by atoms with Crippen molar-refractivity contribution in [1.82, 2.24) is 4.90 Å². The number of ether oxygens (including phenoxy) is 1. The maximum Gasteiger partial charge on any atom is 0.264 e. The molecule has 2 heterocycles. The minimum atomic E-state index is 0.00197. The Bertz CT molecular complexity index is 383. The number of halogens is 1. The van der Waals surface area contributed by atoms with Crippen LogP contribution in [0.2, 0.25) is 0 Å². The van der Waals surface area contributed by atoms with Crippen LogP contribution >= 0.6 is 27.3 Å². The molecule has 0 aromatic carbocycles. The van der Waals surface area contributed by atoms with Gasteiger partial charge in [0.05, 0.1) is 27.9 Å². The quantitative estimate of drug-likeness (QED) is 0.896. The maximum atomic E-state index is 12.2. The lowest BCUT2D eigenvalue weighted by atomic mass is 10.2. The number of hydrogen-bond donors (Lipinski definition) is 1. The van der Waals surface area contributed by atoms with Gasteiger partial charge in [0.2, 0.25) is 0 Å². The van der Waals surface area contributed by atoms with Crippen LogP contribution in [0.5, 0.6) is 0 Å². The summed E-state index contributed by atoms with van der Waals surface area (Å²) in [5.74, 6) is 0.0504. The van der Waals surface area contributed by atoms with Gasteiger partial charge in [-0.1, -0.05) is 0 Å². The van der Waals surface area contributed by atoms with E-state index in [1.165, 1.54) is 11.3 Å². The molecular formula is C10H13BrN2O2S. The first-order chi connectivity index (χ1) is 7.72. The van der Waals surface area contributed by atoms with Crippen molar-refractivity contribution >= 4 is 33.2 Å². The van der Waals surface area contributed by atoms with E-state index < -0.39 is 0 Å². The molecular weight excluding hydrogens is 292 g/mol. The second kappa shape index (κ2) is 5.27. The third kappa shape index (κ3) is 2.45. The van der Waals surface area contributed by atoms with Gasteiger partial charge in [0.1, 0.15) is 0 Å². The standard InChI is InChI=1S/C10H13BrN2O2S/c11-9-2-1-8(16-9)10(14)13-3-4-15-6-7(13)5-12/h1-2,7H,3-6,12H2. The van der Waals surface area contributed by atoms with Crippen LogP contribution in [0.4, 0.5) is 0 Å². The van der Waals surface area contributed by atoms with Crippen molar-refractivity contribution in [1.29, 1.82) is 0 Å². The third-order valence-electron chi connectivity index (χ3n) is 2.54. The van der Waals surface area contributed by atoms with Gasteiger partial charge in [0.25, 0.3) is 5.91 Å². The average molecular weight is 305 g/mol. The van der Waals surface area contributed by atoms with Crippen molar-refractivity contribution in [2.45, 2.75) is 6.04 Å². The van der Waals surface area contributed by atoms with E-state index in [-0.39, 0.29) is 11.9 Å². The number of amides is 1. The summed E-state index contributed by atoms with van der Waals surface area (Å²) in [5, 5.41) is 0. The molecule has 1 aromatic heterocycles. The summed E-state index contributed by atoms with van der Waals surface area (Å²) in [4.78, 5) is 14.7. The number of thiophene rings is 1. The molecule has 16 heavy (non-hydrogen) atoms. The van der Waals surface area contributed by atoms with E-state index >= 15 is 0 Å². The Hall–Kier alpha value is -0.430. The lowest BCUT2D eigenvalue weighted by Gasteiger charge is -2.34. The van der Waals surface area contributed by atoms with Crippen LogP contribution in [-0.2, 0) is 4.74 Å². The summed E-state index contributed by atoms with van der Waals surface area (Å²) in [6, 6.07) is 3.72. The van der Waals surface area contributed by atoms with E-state index in [2.05, 4.69) is 15.9 Å². The minimum Gasteiger partial charge on any atom is -0.377 e. The molecule has 0 spiro atoms. The van der Waals surface area contributed by atoms with Crippen molar-refractivity contribution in [3.8, 4) is 0 Å². The summed E-state index contributed by atoms with van der Waals surface area (Å²) in [6.07, 6.45) is 0. The fourth-order valence-electron chi connectivity index (χ4n) is 1.69. The summed E-state index contributed by atoms with van der Waals surface area (Å²) < 4.78 is 6.28. The van der Waals surface area contributed by atoms with Crippen molar-refractivity contribution in [3.63, 3.8) is 0 Å². The number of rotatable bonds is 2. The Balaban J connectivity index is 2.13. The zero-order valence-electron chi connectivity index (χ0n) is 8.69. The van der Waals surface area contributed by atoms with E-state index in [1.807, 2.05) is 17.0 Å². The molecule has 4 nitrogen and oxygen atoms in total. The number of carbonyl (C=O) groups excluding carboxylic acids is 1. The molecule has 1 saturated heterocycles. The summed E-state index contributed by atoms with van der Waals surface area (Å²) in [7, 11) is 0. The SMILES string of the molecule is NCC1COCCN1C(=O)c1ccc(Br)s1. The largest absolute Gasteiger partial charge is 0.377 e.